The summed E-state index contributed by atoms with van der Waals surface area (Å²) in [5, 5.41) is 8.70. The second-order valence-electron chi connectivity index (χ2n) is 1.97. The zero-order valence-electron chi connectivity index (χ0n) is 8.51. The Bertz CT molecular complexity index is 272. The van der Waals surface area contributed by atoms with Crippen molar-refractivity contribution in [1.29, 1.82) is 0 Å². The van der Waals surface area contributed by atoms with Gasteiger partial charge in [-0.25, -0.2) is 9.18 Å². The molecule has 0 aromatic heterocycles. The number of carbonyl (C=O) groups is 1. The third-order valence-electron chi connectivity index (χ3n) is 0.901. The van der Waals surface area contributed by atoms with Crippen LogP contribution in [0.5, 0.6) is 0 Å². The summed E-state index contributed by atoms with van der Waals surface area (Å²) in [6.45, 7) is -1.28. The molecule has 0 atom stereocenters. The van der Waals surface area contributed by atoms with Crippen LogP contribution in [0.3, 0.4) is 0 Å². The number of aliphatic carboxylic acids is 1. The van der Waals surface area contributed by atoms with E-state index in [0.29, 0.717) is 10.0 Å². The first-order chi connectivity index (χ1) is 6.06. The van der Waals surface area contributed by atoms with Crippen molar-refractivity contribution < 1.29 is 45.3 Å². The van der Waals surface area contributed by atoms with E-state index in [4.69, 9.17) is 33.1 Å². The maximum atomic E-state index is 10.5. The molecule has 74 valence electrons. The third kappa shape index (κ3) is 10.3. The van der Waals surface area contributed by atoms with Gasteiger partial charge >= 0.3 is 35.5 Å². The molecular formula is C8H8Cl2FNaO2. The van der Waals surface area contributed by atoms with E-state index >= 15 is 0 Å². The van der Waals surface area contributed by atoms with Crippen molar-refractivity contribution in [2.24, 2.45) is 0 Å². The predicted molar refractivity (Wildman–Crippen MR) is 51.2 cm³/mol. The van der Waals surface area contributed by atoms with Crippen molar-refractivity contribution in [3.05, 3.63) is 34.3 Å². The number of alkyl halides is 1. The molecule has 0 saturated carbocycles. The maximum Gasteiger partial charge on any atom is 1.00 e. The van der Waals surface area contributed by atoms with Gasteiger partial charge in [0.15, 0.2) is 6.67 Å². The van der Waals surface area contributed by atoms with E-state index in [9.17, 15) is 4.39 Å². The molecule has 1 aromatic carbocycles. The molecule has 1 N–H and O–H groups in total. The third-order valence-corrected chi connectivity index (χ3v) is 1.37. The molecule has 6 heteroatoms. The van der Waals surface area contributed by atoms with E-state index in [0.717, 1.165) is 0 Å². The van der Waals surface area contributed by atoms with Gasteiger partial charge < -0.3 is 6.53 Å². The topological polar surface area (TPSA) is 37.3 Å². The van der Waals surface area contributed by atoms with E-state index in [-0.39, 0.29) is 31.0 Å². The molecule has 0 aliphatic rings. The summed E-state index contributed by atoms with van der Waals surface area (Å²) < 4.78 is 10.5. The van der Waals surface area contributed by atoms with Crippen molar-refractivity contribution in [1.82, 2.24) is 0 Å². The first-order valence-corrected chi connectivity index (χ1v) is 4.00. The Hall–Kier alpha value is 0.200. The van der Waals surface area contributed by atoms with Crippen molar-refractivity contribution in [3.63, 3.8) is 0 Å². The van der Waals surface area contributed by atoms with Crippen molar-refractivity contribution in [3.8, 4) is 0 Å². The Morgan fingerprint density at radius 2 is 1.79 bits per heavy atom. The van der Waals surface area contributed by atoms with Crippen LogP contribution in [0.15, 0.2) is 24.3 Å². The fourth-order valence-corrected chi connectivity index (χ4v) is 0.896. The number of benzene rings is 1. The van der Waals surface area contributed by atoms with Crippen molar-refractivity contribution in [2.45, 2.75) is 0 Å². The van der Waals surface area contributed by atoms with Crippen LogP contribution in [-0.2, 0) is 4.79 Å². The van der Waals surface area contributed by atoms with Crippen LogP contribution in [0.2, 0.25) is 10.0 Å². The van der Waals surface area contributed by atoms with Gasteiger partial charge in [0.1, 0.15) is 0 Å². The average molecular weight is 249 g/mol. The van der Waals surface area contributed by atoms with E-state index in [1.807, 2.05) is 6.07 Å². The van der Waals surface area contributed by atoms with Crippen molar-refractivity contribution in [2.75, 3.05) is 6.67 Å². The molecular weight excluding hydrogens is 241 g/mol. The van der Waals surface area contributed by atoms with E-state index in [2.05, 4.69) is 0 Å². The Labute approximate surface area is 115 Å². The zero-order chi connectivity index (χ0) is 10.3. The van der Waals surface area contributed by atoms with Crippen LogP contribution in [0, 0.1) is 0 Å². The van der Waals surface area contributed by atoms with Gasteiger partial charge in [-0.2, -0.15) is 0 Å². The van der Waals surface area contributed by atoms with Gasteiger partial charge in [-0.1, -0.05) is 29.3 Å². The fourth-order valence-electron chi connectivity index (χ4n) is 0.460. The summed E-state index contributed by atoms with van der Waals surface area (Å²) >= 11 is 11.1. The molecule has 0 radical (unpaired) electrons. The second kappa shape index (κ2) is 9.74. The number of rotatable bonds is 1. The van der Waals surface area contributed by atoms with Crippen LogP contribution < -0.4 is 29.6 Å². The average Bonchev–Trinajstić information content (AvgIpc) is 2.05. The number of hydrogen-bond acceptors (Lipinski definition) is 1. The minimum absolute atomic E-state index is 0. The van der Waals surface area contributed by atoms with Crippen LogP contribution in [0.1, 0.15) is 1.43 Å². The second-order valence-corrected chi connectivity index (χ2v) is 2.84. The Balaban J connectivity index is -0.000000185. The minimum Gasteiger partial charge on any atom is -1.00 e. The summed E-state index contributed by atoms with van der Waals surface area (Å²) in [6, 6.07) is 7.08. The first kappa shape index (κ1) is 16.6. The molecule has 0 unspecified atom stereocenters. The van der Waals surface area contributed by atoms with Crippen LogP contribution >= 0.6 is 23.2 Å². The smallest absolute Gasteiger partial charge is 1.00 e. The number of halogens is 3. The summed E-state index contributed by atoms with van der Waals surface area (Å²) in [7, 11) is 0. The number of carboxylic acid groups (broad SMARTS) is 1. The molecule has 0 spiro atoms. The minimum atomic E-state index is -1.41. The van der Waals surface area contributed by atoms with E-state index < -0.39 is 12.6 Å². The summed E-state index contributed by atoms with van der Waals surface area (Å²) in [6.07, 6.45) is 0. The summed E-state index contributed by atoms with van der Waals surface area (Å²) in [5.74, 6) is -1.41. The van der Waals surface area contributed by atoms with E-state index in [1.165, 1.54) is 0 Å². The Kier molecular flexibility index (Phi) is 11.6. The van der Waals surface area contributed by atoms with Gasteiger partial charge in [0.2, 0.25) is 0 Å². The maximum absolute atomic E-state index is 10.5. The Morgan fingerprint density at radius 1 is 1.43 bits per heavy atom. The standard InChI is InChI=1S/C6H4Cl2.C2H3FO2.Na.H/c7-5-2-1-3-6(8)4-5;3-1-2(4)5;;/h1-4H;1H2,(H,4,5);;/q;;+1;-1. The van der Waals surface area contributed by atoms with Gasteiger partial charge in [-0.15, -0.1) is 0 Å². The fraction of sp³-hybridized carbons (Fsp3) is 0.125. The largest absolute Gasteiger partial charge is 1.00 e. The van der Waals surface area contributed by atoms with Gasteiger partial charge in [0.25, 0.3) is 0 Å². The molecule has 0 aliphatic carbocycles. The molecule has 0 heterocycles. The quantitative estimate of drug-likeness (QED) is 0.719. The SMILES string of the molecule is Clc1cccc(Cl)c1.O=C(O)CF.[H-].[Na+]. The van der Waals surface area contributed by atoms with Crippen molar-refractivity contribution >= 4 is 29.2 Å². The van der Waals surface area contributed by atoms with Gasteiger partial charge in [0.05, 0.1) is 0 Å². The van der Waals surface area contributed by atoms with Gasteiger partial charge in [-0.05, 0) is 18.2 Å². The molecule has 0 amide bonds. The molecule has 1 rings (SSSR count). The number of hydrogen-bond donors (Lipinski definition) is 1. The molecule has 0 saturated heterocycles. The van der Waals surface area contributed by atoms with E-state index in [1.54, 1.807) is 18.2 Å². The summed E-state index contributed by atoms with van der Waals surface area (Å²) in [4.78, 5) is 8.99. The molecule has 2 nitrogen and oxygen atoms in total. The molecule has 0 bridgehead atoms. The normalized spacial score (nSPS) is 7.93. The zero-order valence-corrected chi connectivity index (χ0v) is 11.0. The summed E-state index contributed by atoms with van der Waals surface area (Å²) in [5.41, 5.74) is 0. The molecule has 0 fully saturated rings. The van der Waals surface area contributed by atoms with Crippen LogP contribution in [-0.4, -0.2) is 17.8 Å². The monoisotopic (exact) mass is 248 g/mol. The molecule has 1 aromatic rings. The van der Waals surface area contributed by atoms with Crippen LogP contribution in [0.25, 0.3) is 0 Å². The predicted octanol–water partition coefficient (Wildman–Crippen LogP) is 0.150. The molecule has 0 aliphatic heterocycles. The van der Waals surface area contributed by atoms with Gasteiger partial charge in [-0.3, -0.25) is 0 Å². The molecule has 14 heavy (non-hydrogen) atoms. The van der Waals surface area contributed by atoms with Crippen LogP contribution in [0.4, 0.5) is 4.39 Å². The van der Waals surface area contributed by atoms with Gasteiger partial charge in [0, 0.05) is 10.0 Å². The first-order valence-electron chi connectivity index (χ1n) is 3.25. The number of carboxylic acids is 1. The Morgan fingerprint density at radius 3 is 1.93 bits per heavy atom.